The fourth-order valence-electron chi connectivity index (χ4n) is 2.74. The number of rotatable bonds is 7. The van der Waals surface area contributed by atoms with Crippen LogP contribution < -0.4 is 5.32 Å². The monoisotopic (exact) mass is 498 g/mol. The number of fused-ring (bicyclic) bond motifs is 1. The third-order valence-electron chi connectivity index (χ3n) is 4.49. The molecule has 0 saturated heterocycles. The quantitative estimate of drug-likeness (QED) is 0.501. The zero-order valence-electron chi connectivity index (χ0n) is 17.4. The minimum Gasteiger partial charge on any atom is -0.458 e. The molecule has 0 fully saturated rings. The number of nitrogens with zero attached hydrogens (tertiary/aromatic N) is 3. The molecule has 2 heterocycles. The minimum absolute atomic E-state index is 0.0455. The predicted molar refractivity (Wildman–Crippen MR) is 119 cm³/mol. The van der Waals surface area contributed by atoms with E-state index in [1.54, 1.807) is 28.9 Å². The number of carbonyl (C=O) groups excluding carboxylic acids is 2. The Morgan fingerprint density at radius 2 is 1.91 bits per heavy atom. The summed E-state index contributed by atoms with van der Waals surface area (Å²) in [6, 6.07) is 6.18. The van der Waals surface area contributed by atoms with E-state index in [-0.39, 0.29) is 22.1 Å². The van der Waals surface area contributed by atoms with Gasteiger partial charge in [-0.1, -0.05) is 23.2 Å². The number of esters is 1. The number of halogens is 2. The van der Waals surface area contributed by atoms with E-state index in [0.29, 0.717) is 16.4 Å². The second kappa shape index (κ2) is 9.45. The molecule has 0 aliphatic carbocycles. The first-order valence-electron chi connectivity index (χ1n) is 9.32. The number of benzene rings is 1. The van der Waals surface area contributed by atoms with Gasteiger partial charge in [0.15, 0.2) is 0 Å². The van der Waals surface area contributed by atoms with Gasteiger partial charge >= 0.3 is 5.97 Å². The van der Waals surface area contributed by atoms with Gasteiger partial charge in [0, 0.05) is 26.5 Å². The smallest absolute Gasteiger partial charge is 0.328 e. The van der Waals surface area contributed by atoms with E-state index in [2.05, 4.69) is 10.3 Å². The van der Waals surface area contributed by atoms with Crippen molar-refractivity contribution in [2.75, 3.05) is 14.1 Å². The highest BCUT2D eigenvalue weighted by Crippen LogP contribution is 2.22. The number of carbonyl (C=O) groups is 2. The summed E-state index contributed by atoms with van der Waals surface area (Å²) in [5.74, 6) is -1.40. The van der Waals surface area contributed by atoms with Crippen molar-refractivity contribution in [3.63, 3.8) is 0 Å². The van der Waals surface area contributed by atoms with E-state index in [9.17, 15) is 18.0 Å². The minimum atomic E-state index is -3.76. The summed E-state index contributed by atoms with van der Waals surface area (Å²) in [5.41, 5.74) is 1.07. The Labute approximate surface area is 194 Å². The summed E-state index contributed by atoms with van der Waals surface area (Å²) >= 11 is 12.0. The molecule has 0 saturated carbocycles. The molecule has 3 rings (SSSR count). The van der Waals surface area contributed by atoms with Gasteiger partial charge in [0.1, 0.15) is 18.3 Å². The maximum absolute atomic E-state index is 12.6. The molecule has 0 aliphatic rings. The van der Waals surface area contributed by atoms with E-state index < -0.39 is 27.9 Å². The van der Waals surface area contributed by atoms with Crippen LogP contribution in [0.4, 0.5) is 0 Å². The van der Waals surface area contributed by atoms with Crippen LogP contribution in [0.3, 0.4) is 0 Å². The fourth-order valence-corrected chi connectivity index (χ4v) is 4.04. The lowest BCUT2D eigenvalue weighted by molar-refractivity contribution is -0.146. The van der Waals surface area contributed by atoms with Gasteiger partial charge in [0.05, 0.1) is 26.2 Å². The van der Waals surface area contributed by atoms with Crippen molar-refractivity contribution in [1.82, 2.24) is 19.0 Å². The van der Waals surface area contributed by atoms with E-state index >= 15 is 0 Å². The molecule has 2 aromatic heterocycles. The third kappa shape index (κ3) is 5.21. The Morgan fingerprint density at radius 3 is 2.59 bits per heavy atom. The van der Waals surface area contributed by atoms with E-state index in [1.807, 2.05) is 0 Å². The molecular weight excluding hydrogens is 479 g/mol. The number of pyridine rings is 1. The average molecular weight is 499 g/mol. The summed E-state index contributed by atoms with van der Waals surface area (Å²) < 4.78 is 32.6. The van der Waals surface area contributed by atoms with E-state index in [4.69, 9.17) is 27.9 Å². The highest BCUT2D eigenvalue weighted by Gasteiger charge is 2.23. The van der Waals surface area contributed by atoms with Gasteiger partial charge in [-0.2, -0.15) is 0 Å². The first-order valence-corrected chi connectivity index (χ1v) is 11.5. The number of aromatic nitrogens is 2. The lowest BCUT2D eigenvalue weighted by Crippen LogP contribution is -2.39. The van der Waals surface area contributed by atoms with Gasteiger partial charge in [-0.25, -0.2) is 22.5 Å². The van der Waals surface area contributed by atoms with Gasteiger partial charge in [0.25, 0.3) is 5.91 Å². The predicted octanol–water partition coefficient (Wildman–Crippen LogP) is 2.75. The van der Waals surface area contributed by atoms with Crippen LogP contribution in [0.2, 0.25) is 10.0 Å². The molecular formula is C20H20Cl2N4O5S. The summed E-state index contributed by atoms with van der Waals surface area (Å²) in [5, 5.41) is 3.05. The zero-order valence-corrected chi connectivity index (χ0v) is 19.7. The van der Waals surface area contributed by atoms with Crippen molar-refractivity contribution in [1.29, 1.82) is 0 Å². The molecule has 0 radical (unpaired) electrons. The topological polar surface area (TPSA) is 110 Å². The molecule has 0 aliphatic heterocycles. The maximum Gasteiger partial charge on any atom is 0.328 e. The molecule has 170 valence electrons. The summed E-state index contributed by atoms with van der Waals surface area (Å²) in [6.45, 7) is 1.34. The summed E-state index contributed by atoms with van der Waals surface area (Å²) in [4.78, 5) is 29.2. The van der Waals surface area contributed by atoms with Crippen LogP contribution in [0.25, 0.3) is 5.65 Å². The largest absolute Gasteiger partial charge is 0.458 e. The van der Waals surface area contributed by atoms with Gasteiger partial charge in [-0.15, -0.1) is 0 Å². The van der Waals surface area contributed by atoms with Gasteiger partial charge < -0.3 is 14.5 Å². The number of amides is 1. The number of ether oxygens (including phenoxy) is 1. The van der Waals surface area contributed by atoms with Crippen molar-refractivity contribution in [3.8, 4) is 0 Å². The van der Waals surface area contributed by atoms with Gasteiger partial charge in [-0.05, 0) is 37.3 Å². The highest BCUT2D eigenvalue weighted by atomic mass is 35.5. The number of hydrogen-bond donors (Lipinski definition) is 1. The standard InChI is InChI=1S/C20H20Cl2N4O5S/c1-12(20(28)31-11-14-10-26-9-13(21)4-7-18(26)24-14)23-19(27)16-8-15(5-6-17(16)22)32(29,30)25(2)3/h4-10,12H,11H2,1-3H3,(H,23,27)/t12-/m1/s1. The Morgan fingerprint density at radius 1 is 1.19 bits per heavy atom. The first kappa shape index (κ1) is 24.0. The molecule has 1 N–H and O–H groups in total. The van der Waals surface area contributed by atoms with Crippen LogP contribution in [0.5, 0.6) is 0 Å². The van der Waals surface area contributed by atoms with Gasteiger partial charge in [0.2, 0.25) is 10.0 Å². The van der Waals surface area contributed by atoms with Crippen molar-refractivity contribution in [3.05, 3.63) is 64.0 Å². The van der Waals surface area contributed by atoms with Crippen molar-refractivity contribution in [2.24, 2.45) is 0 Å². The Balaban J connectivity index is 1.66. The second-order valence-electron chi connectivity index (χ2n) is 7.08. The molecule has 0 unspecified atom stereocenters. The van der Waals surface area contributed by atoms with Gasteiger partial charge in [-0.3, -0.25) is 4.79 Å². The first-order chi connectivity index (χ1) is 15.0. The Kier molecular flexibility index (Phi) is 7.09. The molecule has 0 spiro atoms. The number of hydrogen-bond acceptors (Lipinski definition) is 6. The fraction of sp³-hybridized carbons (Fsp3) is 0.250. The van der Waals surface area contributed by atoms with Crippen molar-refractivity contribution < 1.29 is 22.7 Å². The molecule has 3 aromatic rings. The van der Waals surface area contributed by atoms with Crippen LogP contribution in [0, 0.1) is 0 Å². The lowest BCUT2D eigenvalue weighted by Gasteiger charge is -2.15. The molecule has 9 nitrogen and oxygen atoms in total. The van der Waals surface area contributed by atoms with Crippen molar-refractivity contribution in [2.45, 2.75) is 24.5 Å². The molecule has 1 amide bonds. The Hall–Kier alpha value is -2.66. The van der Waals surface area contributed by atoms with Crippen LogP contribution in [0.15, 0.2) is 47.6 Å². The van der Waals surface area contributed by atoms with Crippen LogP contribution >= 0.6 is 23.2 Å². The normalized spacial score (nSPS) is 12.7. The number of imidazole rings is 1. The lowest BCUT2D eigenvalue weighted by atomic mass is 10.2. The summed E-state index contributed by atoms with van der Waals surface area (Å²) in [7, 11) is -1.01. The average Bonchev–Trinajstić information content (AvgIpc) is 3.13. The summed E-state index contributed by atoms with van der Waals surface area (Å²) in [6.07, 6.45) is 3.35. The van der Waals surface area contributed by atoms with E-state index in [1.165, 1.54) is 33.2 Å². The highest BCUT2D eigenvalue weighted by molar-refractivity contribution is 7.89. The molecule has 1 atom stereocenters. The van der Waals surface area contributed by atoms with Crippen LogP contribution in [0.1, 0.15) is 23.0 Å². The molecule has 1 aromatic carbocycles. The SMILES string of the molecule is C[C@@H](NC(=O)c1cc(S(=O)(=O)N(C)C)ccc1Cl)C(=O)OCc1cn2cc(Cl)ccc2n1. The third-order valence-corrected chi connectivity index (χ3v) is 6.85. The maximum atomic E-state index is 12.6. The number of sulfonamides is 1. The molecule has 0 bridgehead atoms. The number of nitrogens with one attached hydrogen (secondary N) is 1. The molecule has 32 heavy (non-hydrogen) atoms. The molecule has 12 heteroatoms. The van der Waals surface area contributed by atoms with Crippen LogP contribution in [-0.2, 0) is 26.2 Å². The van der Waals surface area contributed by atoms with Crippen LogP contribution in [-0.4, -0.2) is 54.1 Å². The van der Waals surface area contributed by atoms with E-state index in [0.717, 1.165) is 10.4 Å². The Bertz CT molecular complexity index is 1290. The zero-order chi connectivity index (χ0) is 23.6. The second-order valence-corrected chi connectivity index (χ2v) is 10.1. The van der Waals surface area contributed by atoms with Crippen molar-refractivity contribution >= 4 is 50.7 Å².